The van der Waals surface area contributed by atoms with E-state index in [1.165, 1.54) is 25.6 Å². The lowest BCUT2D eigenvalue weighted by Gasteiger charge is -2.20. The van der Waals surface area contributed by atoms with Crippen molar-refractivity contribution in [2.75, 3.05) is 19.7 Å². The lowest BCUT2D eigenvalue weighted by Crippen LogP contribution is -2.28. The molecule has 5 heteroatoms. The van der Waals surface area contributed by atoms with Gasteiger partial charge in [-0.05, 0) is 57.0 Å². The van der Waals surface area contributed by atoms with Gasteiger partial charge in [-0.3, -0.25) is 0 Å². The van der Waals surface area contributed by atoms with E-state index in [1.54, 1.807) is 0 Å². The Kier molecular flexibility index (Phi) is 5.64. The molecule has 1 aliphatic heterocycles. The third-order valence-electron chi connectivity index (χ3n) is 4.49. The molecule has 0 spiro atoms. The Labute approximate surface area is 142 Å². The van der Waals surface area contributed by atoms with Crippen LogP contribution >= 0.6 is 0 Å². The fourth-order valence-electron chi connectivity index (χ4n) is 3.10. The first-order valence-corrected chi connectivity index (χ1v) is 8.61. The summed E-state index contributed by atoms with van der Waals surface area (Å²) in [6.45, 7) is 5.36. The van der Waals surface area contributed by atoms with Gasteiger partial charge in [0.25, 0.3) is 0 Å². The molecule has 24 heavy (non-hydrogen) atoms. The summed E-state index contributed by atoms with van der Waals surface area (Å²) in [6, 6.07) is 8.42. The van der Waals surface area contributed by atoms with Crippen molar-refractivity contribution in [2.24, 2.45) is 0 Å². The van der Waals surface area contributed by atoms with Crippen molar-refractivity contribution in [1.29, 1.82) is 0 Å². The number of likely N-dealkylation sites (tertiary alicyclic amines) is 1. The molecule has 0 N–H and O–H groups in total. The molecule has 1 aromatic carbocycles. The van der Waals surface area contributed by atoms with E-state index >= 15 is 0 Å². The lowest BCUT2D eigenvalue weighted by atomic mass is 10.2. The molecule has 3 rings (SSSR count). The Morgan fingerprint density at radius 1 is 1.38 bits per heavy atom. The molecule has 1 aromatic heterocycles. The molecule has 2 heterocycles. The van der Waals surface area contributed by atoms with Crippen molar-refractivity contribution in [3.8, 4) is 17.2 Å². The molecule has 1 fully saturated rings. The smallest absolute Gasteiger partial charge is 0.226 e. The number of nitrogens with zero attached hydrogens (tertiary/aromatic N) is 2. The first-order chi connectivity index (χ1) is 11.8. The van der Waals surface area contributed by atoms with E-state index in [9.17, 15) is 4.79 Å². The molecule has 5 nitrogen and oxygen atoms in total. The SMILES string of the molecule is CC1CCCN1CCCOc1ccc(-c2nc(CC=O)co2)cc1. The van der Waals surface area contributed by atoms with Crippen LogP contribution in [0.1, 0.15) is 31.9 Å². The Morgan fingerprint density at radius 2 is 2.21 bits per heavy atom. The average molecular weight is 328 g/mol. The molecular formula is C19H24N2O3. The molecule has 1 unspecified atom stereocenters. The van der Waals surface area contributed by atoms with E-state index in [2.05, 4.69) is 16.8 Å². The Hall–Kier alpha value is -2.14. The quantitative estimate of drug-likeness (QED) is 0.549. The van der Waals surface area contributed by atoms with Gasteiger partial charge in [-0.15, -0.1) is 0 Å². The number of carbonyl (C=O) groups excluding carboxylic acids is 1. The van der Waals surface area contributed by atoms with E-state index in [1.807, 2.05) is 24.3 Å². The Balaban J connectivity index is 1.46. The van der Waals surface area contributed by atoms with E-state index < -0.39 is 0 Å². The second-order valence-electron chi connectivity index (χ2n) is 6.27. The highest BCUT2D eigenvalue weighted by atomic mass is 16.5. The first kappa shape index (κ1) is 16.7. The second kappa shape index (κ2) is 8.11. The lowest BCUT2D eigenvalue weighted by molar-refractivity contribution is -0.107. The number of hydrogen-bond acceptors (Lipinski definition) is 5. The molecule has 128 valence electrons. The van der Waals surface area contributed by atoms with Crippen LogP contribution in [0.4, 0.5) is 0 Å². The summed E-state index contributed by atoms with van der Waals surface area (Å²) < 4.78 is 11.2. The fraction of sp³-hybridized carbons (Fsp3) is 0.474. The van der Waals surface area contributed by atoms with Gasteiger partial charge in [0.05, 0.1) is 12.3 Å². The minimum atomic E-state index is 0.278. The van der Waals surface area contributed by atoms with Gasteiger partial charge in [0.15, 0.2) is 0 Å². The van der Waals surface area contributed by atoms with Crippen LogP contribution in [-0.4, -0.2) is 41.9 Å². The number of ether oxygens (including phenoxy) is 1. The van der Waals surface area contributed by atoms with Gasteiger partial charge in [-0.25, -0.2) is 4.98 Å². The minimum absolute atomic E-state index is 0.278. The Bertz CT molecular complexity index is 651. The number of rotatable bonds is 8. The van der Waals surface area contributed by atoms with Crippen molar-refractivity contribution in [2.45, 2.75) is 38.6 Å². The van der Waals surface area contributed by atoms with Crippen molar-refractivity contribution in [3.05, 3.63) is 36.2 Å². The highest BCUT2D eigenvalue weighted by Gasteiger charge is 2.19. The standard InChI is InChI=1S/C19H24N2O3/c1-15-4-2-10-21(15)11-3-13-23-18-7-5-16(6-8-18)19-20-17(9-12-22)14-24-19/h5-8,12,14-15H,2-4,9-11,13H2,1H3. The first-order valence-electron chi connectivity index (χ1n) is 8.61. The summed E-state index contributed by atoms with van der Waals surface area (Å²) in [5.41, 5.74) is 1.53. The van der Waals surface area contributed by atoms with Crippen LogP contribution in [-0.2, 0) is 11.2 Å². The molecular weight excluding hydrogens is 304 g/mol. The maximum Gasteiger partial charge on any atom is 0.226 e. The highest BCUT2D eigenvalue weighted by molar-refractivity contribution is 5.57. The summed E-state index contributed by atoms with van der Waals surface area (Å²) in [6.07, 6.45) is 6.30. The number of hydrogen-bond donors (Lipinski definition) is 0. The maximum absolute atomic E-state index is 10.5. The van der Waals surface area contributed by atoms with Gasteiger partial charge in [-0.1, -0.05) is 0 Å². The third-order valence-corrected chi connectivity index (χ3v) is 4.49. The normalized spacial score (nSPS) is 18.0. The molecule has 0 radical (unpaired) electrons. The van der Waals surface area contributed by atoms with Crippen LogP contribution in [0.25, 0.3) is 11.5 Å². The molecule has 1 atom stereocenters. The monoisotopic (exact) mass is 328 g/mol. The van der Waals surface area contributed by atoms with E-state index in [-0.39, 0.29) is 6.42 Å². The topological polar surface area (TPSA) is 55.6 Å². The van der Waals surface area contributed by atoms with Crippen LogP contribution in [0, 0.1) is 0 Å². The number of aromatic nitrogens is 1. The van der Waals surface area contributed by atoms with E-state index in [4.69, 9.17) is 9.15 Å². The predicted molar refractivity (Wildman–Crippen MR) is 92.1 cm³/mol. The molecule has 2 aromatic rings. The van der Waals surface area contributed by atoms with Crippen molar-refractivity contribution in [3.63, 3.8) is 0 Å². The van der Waals surface area contributed by atoms with Crippen LogP contribution < -0.4 is 4.74 Å². The zero-order chi connectivity index (χ0) is 16.8. The van der Waals surface area contributed by atoms with Crippen LogP contribution in [0.2, 0.25) is 0 Å². The fourth-order valence-corrected chi connectivity index (χ4v) is 3.10. The summed E-state index contributed by atoms with van der Waals surface area (Å²) in [7, 11) is 0. The van der Waals surface area contributed by atoms with Gasteiger partial charge in [-0.2, -0.15) is 0 Å². The van der Waals surface area contributed by atoms with Crippen LogP contribution in [0.5, 0.6) is 5.75 Å². The molecule has 0 aliphatic carbocycles. The van der Waals surface area contributed by atoms with Crippen LogP contribution in [0.3, 0.4) is 0 Å². The van der Waals surface area contributed by atoms with Gasteiger partial charge >= 0.3 is 0 Å². The summed E-state index contributed by atoms with van der Waals surface area (Å²) in [5, 5.41) is 0. The molecule has 0 saturated carbocycles. The summed E-state index contributed by atoms with van der Waals surface area (Å²) in [5.74, 6) is 1.38. The van der Waals surface area contributed by atoms with Crippen LogP contribution in [0.15, 0.2) is 34.9 Å². The number of carbonyl (C=O) groups is 1. The predicted octanol–water partition coefficient (Wildman–Crippen LogP) is 3.34. The maximum atomic E-state index is 10.5. The van der Waals surface area contributed by atoms with Crippen molar-refractivity contribution in [1.82, 2.24) is 9.88 Å². The number of aldehydes is 1. The zero-order valence-corrected chi connectivity index (χ0v) is 14.1. The molecule has 0 amide bonds. The van der Waals surface area contributed by atoms with E-state index in [0.717, 1.165) is 37.2 Å². The largest absolute Gasteiger partial charge is 0.494 e. The average Bonchev–Trinajstić information content (AvgIpc) is 3.22. The zero-order valence-electron chi connectivity index (χ0n) is 14.1. The molecule has 0 bridgehead atoms. The third kappa shape index (κ3) is 4.23. The van der Waals surface area contributed by atoms with Crippen molar-refractivity contribution >= 4 is 6.29 Å². The highest BCUT2D eigenvalue weighted by Crippen LogP contribution is 2.22. The summed E-state index contributed by atoms with van der Waals surface area (Å²) >= 11 is 0. The van der Waals surface area contributed by atoms with Gasteiger partial charge in [0.2, 0.25) is 5.89 Å². The number of benzene rings is 1. The molecule has 1 aliphatic rings. The van der Waals surface area contributed by atoms with Crippen molar-refractivity contribution < 1.29 is 13.9 Å². The second-order valence-corrected chi connectivity index (χ2v) is 6.27. The van der Waals surface area contributed by atoms with Gasteiger partial charge < -0.3 is 18.8 Å². The number of oxazole rings is 1. The van der Waals surface area contributed by atoms with E-state index in [0.29, 0.717) is 17.6 Å². The van der Waals surface area contributed by atoms with Gasteiger partial charge in [0.1, 0.15) is 18.3 Å². The minimum Gasteiger partial charge on any atom is -0.494 e. The Morgan fingerprint density at radius 3 is 2.92 bits per heavy atom. The van der Waals surface area contributed by atoms with Gasteiger partial charge in [0, 0.05) is 24.6 Å². The molecule has 1 saturated heterocycles. The summed E-state index contributed by atoms with van der Waals surface area (Å²) in [4.78, 5) is 17.3.